The predicted octanol–water partition coefficient (Wildman–Crippen LogP) is 0.946. The first-order chi connectivity index (χ1) is 7.88. The molecule has 16 heavy (non-hydrogen) atoms. The van der Waals surface area contributed by atoms with Crippen LogP contribution in [0.5, 0.6) is 0 Å². The van der Waals surface area contributed by atoms with Crippen LogP contribution in [0.3, 0.4) is 0 Å². The van der Waals surface area contributed by atoms with Crippen LogP contribution in [-0.4, -0.2) is 60.8 Å². The number of likely N-dealkylation sites (tertiary alicyclic amines) is 1. The maximum Gasteiger partial charge on any atom is 0.0831 e. The van der Waals surface area contributed by atoms with Crippen LogP contribution in [0.4, 0.5) is 0 Å². The lowest BCUT2D eigenvalue weighted by atomic mass is 9.89. The molecule has 0 aromatic carbocycles. The fourth-order valence-corrected chi connectivity index (χ4v) is 4.39. The van der Waals surface area contributed by atoms with E-state index in [1.807, 2.05) is 0 Å². The second-order valence-electron chi connectivity index (χ2n) is 5.26. The quantitative estimate of drug-likeness (QED) is 0.740. The predicted molar refractivity (Wildman–Crippen MR) is 68.1 cm³/mol. The average Bonchev–Trinajstić information content (AvgIpc) is 2.85. The van der Waals surface area contributed by atoms with Gasteiger partial charge in [-0.2, -0.15) is 11.8 Å². The number of piperidine rings is 1. The normalized spacial score (nSPS) is 35.6. The van der Waals surface area contributed by atoms with Crippen molar-refractivity contribution in [2.24, 2.45) is 0 Å². The minimum atomic E-state index is 0.181. The highest BCUT2D eigenvalue weighted by Gasteiger charge is 2.38. The highest BCUT2D eigenvalue weighted by molar-refractivity contribution is 7.99. The summed E-state index contributed by atoms with van der Waals surface area (Å²) in [4.78, 5) is 2.70. The second kappa shape index (κ2) is 4.84. The molecular weight excluding hydrogens is 220 g/mol. The summed E-state index contributed by atoms with van der Waals surface area (Å²) in [6.45, 7) is 5.49. The van der Waals surface area contributed by atoms with Gasteiger partial charge in [-0.3, -0.25) is 4.90 Å². The third-order valence-corrected chi connectivity index (χ3v) is 5.41. The molecule has 3 fully saturated rings. The van der Waals surface area contributed by atoms with Gasteiger partial charge in [0.05, 0.1) is 12.2 Å². The molecule has 0 aliphatic carbocycles. The van der Waals surface area contributed by atoms with Gasteiger partial charge < -0.3 is 10.1 Å². The van der Waals surface area contributed by atoms with Gasteiger partial charge in [0.25, 0.3) is 0 Å². The number of rotatable bonds is 1. The summed E-state index contributed by atoms with van der Waals surface area (Å²) in [5.74, 6) is 2.72. The highest BCUT2D eigenvalue weighted by atomic mass is 32.2. The molecule has 3 aliphatic heterocycles. The zero-order valence-corrected chi connectivity index (χ0v) is 10.7. The molecule has 3 nitrogen and oxygen atoms in total. The number of thioether (sulfide) groups is 1. The second-order valence-corrected chi connectivity index (χ2v) is 6.41. The standard InChI is InChI=1S/C12H22N2OS/c1-8-16-9-11(1)14-5-2-12(3-6-14)10-13-4-7-15-12/h11,13H,1-10H2/t11-/m1/s1. The summed E-state index contributed by atoms with van der Waals surface area (Å²) in [5.41, 5.74) is 0.181. The fraction of sp³-hybridized carbons (Fsp3) is 1.00. The van der Waals surface area contributed by atoms with Crippen LogP contribution in [0.15, 0.2) is 0 Å². The maximum absolute atomic E-state index is 6.02. The topological polar surface area (TPSA) is 24.5 Å². The Morgan fingerprint density at radius 2 is 2.19 bits per heavy atom. The summed E-state index contributed by atoms with van der Waals surface area (Å²) in [6.07, 6.45) is 3.85. The first kappa shape index (κ1) is 11.3. The van der Waals surface area contributed by atoms with E-state index in [-0.39, 0.29) is 5.60 Å². The van der Waals surface area contributed by atoms with Gasteiger partial charge in [-0.15, -0.1) is 0 Å². The summed E-state index contributed by atoms with van der Waals surface area (Å²) in [7, 11) is 0. The van der Waals surface area contributed by atoms with Gasteiger partial charge in [-0.05, 0) is 25.0 Å². The maximum atomic E-state index is 6.02. The first-order valence-electron chi connectivity index (χ1n) is 6.55. The molecule has 0 aromatic rings. The lowest BCUT2D eigenvalue weighted by molar-refractivity contribution is -0.103. The molecule has 92 valence electrons. The number of nitrogens with zero attached hydrogens (tertiary/aromatic N) is 1. The lowest BCUT2D eigenvalue weighted by Gasteiger charge is -2.45. The van der Waals surface area contributed by atoms with Gasteiger partial charge in [-0.25, -0.2) is 0 Å². The Morgan fingerprint density at radius 1 is 1.31 bits per heavy atom. The molecule has 1 spiro atoms. The van der Waals surface area contributed by atoms with Crippen LogP contribution in [0.2, 0.25) is 0 Å². The Bertz CT molecular complexity index is 227. The highest BCUT2D eigenvalue weighted by Crippen LogP contribution is 2.31. The molecule has 3 heterocycles. The van der Waals surface area contributed by atoms with E-state index in [2.05, 4.69) is 22.0 Å². The Hall–Kier alpha value is 0.230. The van der Waals surface area contributed by atoms with Crippen molar-refractivity contribution in [2.75, 3.05) is 44.3 Å². The number of nitrogens with one attached hydrogen (secondary N) is 1. The van der Waals surface area contributed by atoms with Crippen molar-refractivity contribution in [1.29, 1.82) is 0 Å². The van der Waals surface area contributed by atoms with E-state index < -0.39 is 0 Å². The molecule has 0 bridgehead atoms. The minimum absolute atomic E-state index is 0.181. The third-order valence-electron chi connectivity index (χ3n) is 4.27. The zero-order chi connectivity index (χ0) is 10.8. The fourth-order valence-electron chi connectivity index (χ4n) is 3.13. The number of ether oxygens (including phenoxy) is 1. The van der Waals surface area contributed by atoms with Gasteiger partial charge >= 0.3 is 0 Å². The SMILES string of the molecule is C1COC2(CCN([C@@H]3CCSC3)CC2)CN1. The van der Waals surface area contributed by atoms with E-state index in [0.717, 1.165) is 25.7 Å². The minimum Gasteiger partial charge on any atom is -0.372 e. The molecule has 0 radical (unpaired) electrons. The molecule has 0 aromatic heterocycles. The largest absolute Gasteiger partial charge is 0.372 e. The van der Waals surface area contributed by atoms with Gasteiger partial charge in [0.2, 0.25) is 0 Å². The zero-order valence-electron chi connectivity index (χ0n) is 9.91. The lowest BCUT2D eigenvalue weighted by Crippen LogP contribution is -2.57. The van der Waals surface area contributed by atoms with E-state index in [4.69, 9.17) is 4.74 Å². The van der Waals surface area contributed by atoms with Crippen LogP contribution in [-0.2, 0) is 4.74 Å². The molecule has 0 unspecified atom stereocenters. The summed E-state index contributed by atoms with van der Waals surface area (Å²) < 4.78 is 6.02. The average molecular weight is 242 g/mol. The first-order valence-corrected chi connectivity index (χ1v) is 7.70. The summed E-state index contributed by atoms with van der Waals surface area (Å²) in [6, 6.07) is 0.860. The molecule has 0 amide bonds. The van der Waals surface area contributed by atoms with Gasteiger partial charge in [0, 0.05) is 38.0 Å². The molecule has 3 aliphatic rings. The monoisotopic (exact) mass is 242 g/mol. The molecular formula is C12H22N2OS. The molecule has 1 atom stereocenters. The molecule has 0 saturated carbocycles. The van der Waals surface area contributed by atoms with Crippen molar-refractivity contribution in [3.05, 3.63) is 0 Å². The van der Waals surface area contributed by atoms with Gasteiger partial charge in [-0.1, -0.05) is 0 Å². The van der Waals surface area contributed by atoms with E-state index >= 15 is 0 Å². The summed E-state index contributed by atoms with van der Waals surface area (Å²) in [5, 5.41) is 3.48. The van der Waals surface area contributed by atoms with E-state index in [9.17, 15) is 0 Å². The Kier molecular flexibility index (Phi) is 3.43. The van der Waals surface area contributed by atoms with Crippen molar-refractivity contribution in [2.45, 2.75) is 30.9 Å². The summed E-state index contributed by atoms with van der Waals surface area (Å²) >= 11 is 2.12. The Labute approximate surface area is 102 Å². The number of hydrogen-bond acceptors (Lipinski definition) is 4. The van der Waals surface area contributed by atoms with E-state index in [0.29, 0.717) is 0 Å². The smallest absolute Gasteiger partial charge is 0.0831 e. The molecule has 1 N–H and O–H groups in total. The Morgan fingerprint density at radius 3 is 2.81 bits per heavy atom. The van der Waals surface area contributed by atoms with Crippen molar-refractivity contribution >= 4 is 11.8 Å². The van der Waals surface area contributed by atoms with Crippen LogP contribution in [0.25, 0.3) is 0 Å². The van der Waals surface area contributed by atoms with Crippen LogP contribution in [0, 0.1) is 0 Å². The van der Waals surface area contributed by atoms with Crippen molar-refractivity contribution in [3.63, 3.8) is 0 Å². The van der Waals surface area contributed by atoms with Crippen molar-refractivity contribution in [3.8, 4) is 0 Å². The van der Waals surface area contributed by atoms with Crippen molar-refractivity contribution in [1.82, 2.24) is 10.2 Å². The van der Waals surface area contributed by atoms with Crippen LogP contribution < -0.4 is 5.32 Å². The molecule has 3 saturated heterocycles. The van der Waals surface area contributed by atoms with E-state index in [1.165, 1.54) is 43.9 Å². The van der Waals surface area contributed by atoms with Gasteiger partial charge in [0.15, 0.2) is 0 Å². The van der Waals surface area contributed by atoms with Crippen LogP contribution >= 0.6 is 11.8 Å². The van der Waals surface area contributed by atoms with Crippen molar-refractivity contribution < 1.29 is 4.74 Å². The van der Waals surface area contributed by atoms with E-state index in [1.54, 1.807) is 0 Å². The van der Waals surface area contributed by atoms with Crippen LogP contribution in [0.1, 0.15) is 19.3 Å². The molecule has 3 rings (SSSR count). The molecule has 4 heteroatoms. The van der Waals surface area contributed by atoms with Gasteiger partial charge in [0.1, 0.15) is 0 Å². The number of hydrogen-bond donors (Lipinski definition) is 1. The number of morpholine rings is 1. The third kappa shape index (κ3) is 2.26. The Balaban J connectivity index is 1.54.